The van der Waals surface area contributed by atoms with E-state index in [-0.39, 0.29) is 11.6 Å². The lowest BCUT2D eigenvalue weighted by Crippen LogP contribution is -2.61. The molecule has 1 unspecified atom stereocenters. The van der Waals surface area contributed by atoms with Crippen LogP contribution in [0.25, 0.3) is 0 Å². The van der Waals surface area contributed by atoms with Gasteiger partial charge >= 0.3 is 0 Å². The first-order valence-electron chi connectivity index (χ1n) is 6.36. The molecule has 2 rings (SSSR count). The summed E-state index contributed by atoms with van der Waals surface area (Å²) in [5, 5.41) is 12.3. The first-order valence-corrected chi connectivity index (χ1v) is 6.36. The topological polar surface area (TPSA) is 52.0 Å². The molecular formula is C14H20N4. The molecule has 1 fully saturated rings. The van der Waals surface area contributed by atoms with Gasteiger partial charge in [-0.3, -0.25) is 9.88 Å². The Kier molecular flexibility index (Phi) is 3.95. The summed E-state index contributed by atoms with van der Waals surface area (Å²) in [6.07, 6.45) is 4.23. The number of pyridine rings is 1. The van der Waals surface area contributed by atoms with Crippen molar-refractivity contribution in [2.45, 2.75) is 38.4 Å². The van der Waals surface area contributed by atoms with Crippen molar-refractivity contribution in [1.82, 2.24) is 15.2 Å². The highest BCUT2D eigenvalue weighted by Gasteiger charge is 2.33. The highest BCUT2D eigenvalue weighted by molar-refractivity contribution is 5.11. The van der Waals surface area contributed by atoms with Gasteiger partial charge < -0.3 is 5.32 Å². The third kappa shape index (κ3) is 3.06. The SMILES string of the molecule is CC1(C)CNC(CC#N)CN1Cc1ccncc1. The lowest BCUT2D eigenvalue weighted by atomic mass is 9.95. The third-order valence-electron chi connectivity index (χ3n) is 3.58. The van der Waals surface area contributed by atoms with Gasteiger partial charge in [0.15, 0.2) is 0 Å². The Morgan fingerprint density at radius 2 is 2.22 bits per heavy atom. The fourth-order valence-corrected chi connectivity index (χ4v) is 2.32. The highest BCUT2D eigenvalue weighted by atomic mass is 15.3. The Morgan fingerprint density at radius 1 is 1.50 bits per heavy atom. The molecule has 1 saturated heterocycles. The summed E-state index contributed by atoms with van der Waals surface area (Å²) >= 11 is 0. The van der Waals surface area contributed by atoms with Crippen LogP contribution in [-0.4, -0.2) is 34.6 Å². The highest BCUT2D eigenvalue weighted by Crippen LogP contribution is 2.21. The molecule has 0 saturated carbocycles. The van der Waals surface area contributed by atoms with Crippen LogP contribution in [0.3, 0.4) is 0 Å². The number of rotatable bonds is 3. The van der Waals surface area contributed by atoms with Gasteiger partial charge in [-0.2, -0.15) is 5.26 Å². The molecule has 0 aromatic carbocycles. The maximum atomic E-state index is 8.81. The average Bonchev–Trinajstić information content (AvgIpc) is 2.35. The van der Waals surface area contributed by atoms with Crippen LogP contribution in [0.15, 0.2) is 24.5 Å². The Bertz CT molecular complexity index is 421. The standard InChI is InChI=1S/C14H20N4/c1-14(2)11-17-13(3-6-15)10-18(14)9-12-4-7-16-8-5-12/h4-5,7-8,13,17H,3,9-11H2,1-2H3. The molecule has 1 aliphatic rings. The molecule has 1 N–H and O–H groups in total. The molecule has 0 amide bonds. The summed E-state index contributed by atoms with van der Waals surface area (Å²) in [6, 6.07) is 6.64. The molecule has 1 atom stereocenters. The Morgan fingerprint density at radius 3 is 2.89 bits per heavy atom. The van der Waals surface area contributed by atoms with Crippen LogP contribution in [0, 0.1) is 11.3 Å². The van der Waals surface area contributed by atoms with Gasteiger partial charge in [0.05, 0.1) is 12.5 Å². The quantitative estimate of drug-likeness (QED) is 0.876. The van der Waals surface area contributed by atoms with Gasteiger partial charge in [-0.15, -0.1) is 0 Å². The van der Waals surface area contributed by atoms with Crippen molar-refractivity contribution in [2.24, 2.45) is 0 Å². The average molecular weight is 244 g/mol. The van der Waals surface area contributed by atoms with Crippen molar-refractivity contribution in [3.63, 3.8) is 0 Å². The Hall–Kier alpha value is -1.44. The van der Waals surface area contributed by atoms with Gasteiger partial charge in [-0.05, 0) is 31.5 Å². The van der Waals surface area contributed by atoms with Crippen LogP contribution in [-0.2, 0) is 6.54 Å². The third-order valence-corrected chi connectivity index (χ3v) is 3.58. The van der Waals surface area contributed by atoms with Crippen molar-refractivity contribution in [3.05, 3.63) is 30.1 Å². The van der Waals surface area contributed by atoms with Gasteiger partial charge in [0.2, 0.25) is 0 Å². The molecule has 18 heavy (non-hydrogen) atoms. The minimum atomic E-state index is 0.120. The van der Waals surface area contributed by atoms with E-state index in [0.29, 0.717) is 6.42 Å². The van der Waals surface area contributed by atoms with Crippen molar-refractivity contribution in [3.8, 4) is 6.07 Å². The maximum Gasteiger partial charge on any atom is 0.0638 e. The molecule has 4 nitrogen and oxygen atoms in total. The summed E-state index contributed by atoms with van der Waals surface area (Å²) in [5.41, 5.74) is 1.39. The van der Waals surface area contributed by atoms with Crippen LogP contribution < -0.4 is 5.32 Å². The van der Waals surface area contributed by atoms with E-state index in [1.807, 2.05) is 12.4 Å². The monoisotopic (exact) mass is 244 g/mol. The van der Waals surface area contributed by atoms with Gasteiger partial charge in [0.1, 0.15) is 0 Å². The molecule has 1 aliphatic heterocycles. The van der Waals surface area contributed by atoms with E-state index >= 15 is 0 Å². The van der Waals surface area contributed by atoms with E-state index < -0.39 is 0 Å². The van der Waals surface area contributed by atoms with Crippen molar-refractivity contribution < 1.29 is 0 Å². The molecule has 96 valence electrons. The second-order valence-electron chi connectivity index (χ2n) is 5.49. The van der Waals surface area contributed by atoms with Crippen molar-refractivity contribution in [1.29, 1.82) is 5.26 Å². The minimum Gasteiger partial charge on any atom is -0.310 e. The zero-order valence-corrected chi connectivity index (χ0v) is 11.1. The predicted octanol–water partition coefficient (Wildman–Crippen LogP) is 1.55. The molecule has 1 aromatic rings. The molecule has 0 bridgehead atoms. The molecular weight excluding hydrogens is 224 g/mol. The summed E-state index contributed by atoms with van der Waals surface area (Å²) in [5.74, 6) is 0. The molecule has 4 heteroatoms. The summed E-state index contributed by atoms with van der Waals surface area (Å²) < 4.78 is 0. The molecule has 1 aromatic heterocycles. The Balaban J connectivity index is 2.06. The maximum absolute atomic E-state index is 8.81. The first-order chi connectivity index (χ1) is 8.62. The van der Waals surface area contributed by atoms with Gasteiger partial charge in [0.25, 0.3) is 0 Å². The first kappa shape index (κ1) is 13.0. The van der Waals surface area contributed by atoms with Crippen molar-refractivity contribution >= 4 is 0 Å². The normalized spacial score (nSPS) is 23.5. The number of nitriles is 1. The zero-order valence-electron chi connectivity index (χ0n) is 11.1. The zero-order chi connectivity index (χ0) is 13.0. The second kappa shape index (κ2) is 5.47. The number of hydrogen-bond donors (Lipinski definition) is 1. The van der Waals surface area contributed by atoms with E-state index in [1.54, 1.807) is 0 Å². The van der Waals surface area contributed by atoms with E-state index in [9.17, 15) is 0 Å². The van der Waals surface area contributed by atoms with Gasteiger partial charge in [-0.25, -0.2) is 0 Å². The number of nitrogens with one attached hydrogen (secondary N) is 1. The number of piperazine rings is 1. The number of hydrogen-bond acceptors (Lipinski definition) is 4. The second-order valence-corrected chi connectivity index (χ2v) is 5.49. The molecule has 2 heterocycles. The summed E-state index contributed by atoms with van der Waals surface area (Å²) in [4.78, 5) is 6.49. The van der Waals surface area contributed by atoms with E-state index in [2.05, 4.69) is 47.3 Å². The molecule has 0 spiro atoms. The largest absolute Gasteiger partial charge is 0.310 e. The lowest BCUT2D eigenvalue weighted by Gasteiger charge is -2.45. The van der Waals surface area contributed by atoms with E-state index in [0.717, 1.165) is 19.6 Å². The van der Waals surface area contributed by atoms with Crippen LogP contribution in [0.2, 0.25) is 0 Å². The number of nitrogens with zero attached hydrogens (tertiary/aromatic N) is 3. The number of aromatic nitrogens is 1. The van der Waals surface area contributed by atoms with E-state index in [4.69, 9.17) is 5.26 Å². The molecule has 0 radical (unpaired) electrons. The van der Waals surface area contributed by atoms with Crippen molar-refractivity contribution in [2.75, 3.05) is 13.1 Å². The minimum absolute atomic E-state index is 0.120. The van der Waals surface area contributed by atoms with Crippen LogP contribution in [0.5, 0.6) is 0 Å². The van der Waals surface area contributed by atoms with Crippen LogP contribution in [0.4, 0.5) is 0 Å². The van der Waals surface area contributed by atoms with Crippen LogP contribution >= 0.6 is 0 Å². The summed E-state index contributed by atoms with van der Waals surface area (Å²) in [7, 11) is 0. The molecule has 0 aliphatic carbocycles. The smallest absolute Gasteiger partial charge is 0.0638 e. The lowest BCUT2D eigenvalue weighted by molar-refractivity contribution is 0.0595. The summed E-state index contributed by atoms with van der Waals surface area (Å²) in [6.45, 7) is 7.24. The van der Waals surface area contributed by atoms with Gasteiger partial charge in [-0.1, -0.05) is 0 Å². The van der Waals surface area contributed by atoms with E-state index in [1.165, 1.54) is 5.56 Å². The Labute approximate surface area is 109 Å². The fourth-order valence-electron chi connectivity index (χ4n) is 2.32. The predicted molar refractivity (Wildman–Crippen MR) is 70.7 cm³/mol. The van der Waals surface area contributed by atoms with Crippen LogP contribution in [0.1, 0.15) is 25.8 Å². The fraction of sp³-hybridized carbons (Fsp3) is 0.571. The van der Waals surface area contributed by atoms with Gasteiger partial charge in [0, 0.05) is 43.6 Å².